The van der Waals surface area contributed by atoms with E-state index in [2.05, 4.69) is 21.2 Å². The number of nitrogens with zero attached hydrogens (tertiary/aromatic N) is 1. The number of carbonyl (C=O) groups excluding carboxylic acids is 1. The van der Waals surface area contributed by atoms with Crippen molar-refractivity contribution >= 4 is 37.5 Å². The maximum absolute atomic E-state index is 13.0. The Bertz CT molecular complexity index is 825. The highest BCUT2D eigenvalue weighted by Crippen LogP contribution is 2.18. The Balaban J connectivity index is 2.13. The van der Waals surface area contributed by atoms with Gasteiger partial charge in [0.05, 0.1) is 11.4 Å². The summed E-state index contributed by atoms with van der Waals surface area (Å²) < 4.78 is 39.9. The summed E-state index contributed by atoms with van der Waals surface area (Å²) in [5.41, 5.74) is 0.560. The summed E-state index contributed by atoms with van der Waals surface area (Å²) in [5.74, 6) is -0.981. The highest BCUT2D eigenvalue weighted by atomic mass is 79.9. The zero-order chi connectivity index (χ0) is 17.7. The van der Waals surface area contributed by atoms with Crippen LogP contribution < -0.4 is 5.32 Å². The van der Waals surface area contributed by atoms with Gasteiger partial charge in [-0.25, -0.2) is 12.8 Å². The van der Waals surface area contributed by atoms with Crippen LogP contribution in [-0.4, -0.2) is 31.7 Å². The van der Waals surface area contributed by atoms with Crippen LogP contribution in [-0.2, 0) is 14.8 Å². The van der Waals surface area contributed by atoms with E-state index in [4.69, 9.17) is 0 Å². The third kappa shape index (κ3) is 4.62. The standard InChI is InChI=1S/C16H16BrFN2O3S/c1-2-20(24(22,23)15-8-6-13(18)7-9-15)11-16(21)19-14-5-3-4-12(17)10-14/h3-10H,2,11H2,1H3,(H,19,21). The molecule has 0 radical (unpaired) electrons. The number of hydrogen-bond acceptors (Lipinski definition) is 3. The molecule has 2 aromatic rings. The summed E-state index contributed by atoms with van der Waals surface area (Å²) in [6.45, 7) is 1.42. The minimum atomic E-state index is -3.87. The number of anilines is 1. The predicted octanol–water partition coefficient (Wildman–Crippen LogP) is 3.24. The lowest BCUT2D eigenvalue weighted by Gasteiger charge is -2.20. The molecule has 5 nitrogen and oxygen atoms in total. The van der Waals surface area contributed by atoms with Gasteiger partial charge in [0.15, 0.2) is 0 Å². The molecule has 1 N–H and O–H groups in total. The van der Waals surface area contributed by atoms with Crippen LogP contribution in [0.2, 0.25) is 0 Å². The van der Waals surface area contributed by atoms with Crippen molar-refractivity contribution in [1.82, 2.24) is 4.31 Å². The van der Waals surface area contributed by atoms with E-state index in [0.29, 0.717) is 5.69 Å². The molecule has 0 aliphatic rings. The van der Waals surface area contributed by atoms with Crippen LogP contribution in [0.4, 0.5) is 10.1 Å². The molecule has 128 valence electrons. The Morgan fingerprint density at radius 1 is 1.21 bits per heavy atom. The molecule has 0 saturated carbocycles. The van der Waals surface area contributed by atoms with Gasteiger partial charge in [0.25, 0.3) is 0 Å². The second-order valence-corrected chi connectivity index (χ2v) is 7.80. The molecule has 24 heavy (non-hydrogen) atoms. The molecule has 1 amide bonds. The van der Waals surface area contributed by atoms with Crippen LogP contribution in [0.25, 0.3) is 0 Å². The van der Waals surface area contributed by atoms with Crippen molar-refractivity contribution in [3.8, 4) is 0 Å². The molecule has 2 rings (SSSR count). The molecule has 2 aromatic carbocycles. The number of hydrogen-bond donors (Lipinski definition) is 1. The Morgan fingerprint density at radius 2 is 1.88 bits per heavy atom. The average Bonchev–Trinajstić information content (AvgIpc) is 2.53. The van der Waals surface area contributed by atoms with Gasteiger partial charge in [-0.1, -0.05) is 28.9 Å². The van der Waals surface area contributed by atoms with Gasteiger partial charge < -0.3 is 5.32 Å². The molecule has 0 heterocycles. The van der Waals surface area contributed by atoms with Crippen LogP contribution in [0.15, 0.2) is 57.9 Å². The van der Waals surface area contributed by atoms with Crippen LogP contribution in [0.5, 0.6) is 0 Å². The summed E-state index contributed by atoms with van der Waals surface area (Å²) in [4.78, 5) is 12.1. The molecule has 0 aliphatic heterocycles. The van der Waals surface area contributed by atoms with E-state index in [-0.39, 0.29) is 18.0 Å². The lowest BCUT2D eigenvalue weighted by atomic mass is 10.3. The van der Waals surface area contributed by atoms with Gasteiger partial charge in [0.2, 0.25) is 15.9 Å². The van der Waals surface area contributed by atoms with Gasteiger partial charge in [-0.15, -0.1) is 0 Å². The molecule has 0 aromatic heterocycles. The monoisotopic (exact) mass is 414 g/mol. The van der Waals surface area contributed by atoms with E-state index >= 15 is 0 Å². The van der Waals surface area contributed by atoms with Crippen molar-refractivity contribution < 1.29 is 17.6 Å². The van der Waals surface area contributed by atoms with Crippen LogP contribution in [0.3, 0.4) is 0 Å². The molecular formula is C16H16BrFN2O3S. The fourth-order valence-electron chi connectivity index (χ4n) is 2.05. The van der Waals surface area contributed by atoms with Gasteiger partial charge >= 0.3 is 0 Å². The number of likely N-dealkylation sites (N-methyl/N-ethyl adjacent to an activating group) is 1. The Hall–Kier alpha value is -1.77. The second kappa shape index (κ2) is 7.87. The molecule has 0 bridgehead atoms. The number of halogens is 2. The summed E-state index contributed by atoms with van der Waals surface area (Å²) in [7, 11) is -3.87. The normalized spacial score (nSPS) is 11.5. The smallest absolute Gasteiger partial charge is 0.243 e. The van der Waals surface area contributed by atoms with Crippen molar-refractivity contribution in [1.29, 1.82) is 0 Å². The first-order chi connectivity index (χ1) is 11.3. The molecule has 0 aliphatic carbocycles. The van der Waals surface area contributed by atoms with Crippen LogP contribution >= 0.6 is 15.9 Å². The van der Waals surface area contributed by atoms with Gasteiger partial charge in [0.1, 0.15) is 5.82 Å². The zero-order valence-corrected chi connectivity index (χ0v) is 15.3. The predicted molar refractivity (Wildman–Crippen MR) is 93.6 cm³/mol. The van der Waals surface area contributed by atoms with Crippen LogP contribution in [0, 0.1) is 5.82 Å². The van der Waals surface area contributed by atoms with Crippen molar-refractivity contribution in [2.75, 3.05) is 18.4 Å². The highest BCUT2D eigenvalue weighted by molar-refractivity contribution is 9.10. The lowest BCUT2D eigenvalue weighted by molar-refractivity contribution is -0.116. The van der Waals surface area contributed by atoms with Crippen LogP contribution in [0.1, 0.15) is 6.92 Å². The molecule has 0 spiro atoms. The lowest BCUT2D eigenvalue weighted by Crippen LogP contribution is -2.37. The Morgan fingerprint density at radius 3 is 2.46 bits per heavy atom. The number of sulfonamides is 1. The zero-order valence-electron chi connectivity index (χ0n) is 12.9. The topological polar surface area (TPSA) is 66.5 Å². The Kier molecular flexibility index (Phi) is 6.09. The second-order valence-electron chi connectivity index (χ2n) is 4.94. The van der Waals surface area contributed by atoms with E-state index in [1.54, 1.807) is 25.1 Å². The summed E-state index contributed by atoms with van der Waals surface area (Å²) in [5, 5.41) is 2.65. The number of benzene rings is 2. The molecule has 0 unspecified atom stereocenters. The minimum Gasteiger partial charge on any atom is -0.325 e. The first kappa shape index (κ1) is 18.6. The first-order valence-corrected chi connectivity index (χ1v) is 9.37. The fourth-order valence-corrected chi connectivity index (χ4v) is 3.85. The largest absolute Gasteiger partial charge is 0.325 e. The first-order valence-electron chi connectivity index (χ1n) is 7.14. The molecule has 0 fully saturated rings. The fraction of sp³-hybridized carbons (Fsp3) is 0.188. The van der Waals surface area contributed by atoms with E-state index in [1.165, 1.54) is 12.1 Å². The quantitative estimate of drug-likeness (QED) is 0.788. The molecule has 0 saturated heterocycles. The number of carbonyl (C=O) groups is 1. The molecule has 8 heteroatoms. The van der Waals surface area contributed by atoms with E-state index in [9.17, 15) is 17.6 Å². The van der Waals surface area contributed by atoms with Gasteiger partial charge in [-0.3, -0.25) is 4.79 Å². The van der Waals surface area contributed by atoms with Crippen molar-refractivity contribution in [2.24, 2.45) is 0 Å². The SMILES string of the molecule is CCN(CC(=O)Nc1cccc(Br)c1)S(=O)(=O)c1ccc(F)cc1. The van der Waals surface area contributed by atoms with Gasteiger partial charge in [-0.2, -0.15) is 4.31 Å². The van der Waals surface area contributed by atoms with Gasteiger partial charge in [-0.05, 0) is 42.5 Å². The number of rotatable bonds is 6. The minimum absolute atomic E-state index is 0.0546. The number of amides is 1. The highest BCUT2D eigenvalue weighted by Gasteiger charge is 2.25. The summed E-state index contributed by atoms with van der Waals surface area (Å²) in [6.07, 6.45) is 0. The van der Waals surface area contributed by atoms with E-state index in [0.717, 1.165) is 20.9 Å². The molecule has 0 atom stereocenters. The third-order valence-electron chi connectivity index (χ3n) is 3.23. The summed E-state index contributed by atoms with van der Waals surface area (Å²) in [6, 6.07) is 11.5. The average molecular weight is 415 g/mol. The maximum Gasteiger partial charge on any atom is 0.243 e. The van der Waals surface area contributed by atoms with Gasteiger partial charge in [0, 0.05) is 16.7 Å². The van der Waals surface area contributed by atoms with E-state index in [1.807, 2.05) is 6.07 Å². The summed E-state index contributed by atoms with van der Waals surface area (Å²) >= 11 is 3.30. The van der Waals surface area contributed by atoms with Crippen molar-refractivity contribution in [2.45, 2.75) is 11.8 Å². The number of nitrogens with one attached hydrogen (secondary N) is 1. The van der Waals surface area contributed by atoms with Crippen molar-refractivity contribution in [3.05, 3.63) is 58.8 Å². The van der Waals surface area contributed by atoms with Crippen molar-refractivity contribution in [3.63, 3.8) is 0 Å². The molecular weight excluding hydrogens is 399 g/mol. The third-order valence-corrected chi connectivity index (χ3v) is 5.66. The van der Waals surface area contributed by atoms with E-state index < -0.39 is 21.7 Å². The Labute approximate surface area is 148 Å². The maximum atomic E-state index is 13.0.